The van der Waals surface area contributed by atoms with E-state index in [-0.39, 0.29) is 15.8 Å². The van der Waals surface area contributed by atoms with Crippen molar-refractivity contribution in [3.05, 3.63) is 51.8 Å². The molecule has 6 heteroatoms. The first-order valence-electron chi connectivity index (χ1n) is 5.36. The van der Waals surface area contributed by atoms with E-state index in [9.17, 15) is 13.2 Å². The Kier molecular flexibility index (Phi) is 3.71. The van der Waals surface area contributed by atoms with Gasteiger partial charge in [-0.1, -0.05) is 0 Å². The first-order chi connectivity index (χ1) is 8.90. The van der Waals surface area contributed by atoms with Crippen LogP contribution in [0.2, 0.25) is 0 Å². The molecular weight excluding hydrogens is 321 g/mol. The summed E-state index contributed by atoms with van der Waals surface area (Å²) >= 11 is 3.03. The predicted octanol–water partition coefficient (Wildman–Crippen LogP) is 4.50. The van der Waals surface area contributed by atoms with Crippen LogP contribution in [0.5, 0.6) is 0 Å². The maximum atomic E-state index is 13.7. The molecule has 19 heavy (non-hydrogen) atoms. The Morgan fingerprint density at radius 1 is 1.11 bits per heavy atom. The van der Waals surface area contributed by atoms with E-state index in [1.54, 1.807) is 6.92 Å². The van der Waals surface area contributed by atoms with Gasteiger partial charge in [0.05, 0.1) is 10.2 Å². The number of aryl methyl sites for hydroxylation is 1. The Labute approximate surface area is 116 Å². The minimum absolute atomic E-state index is 0.0683. The molecule has 0 unspecified atom stereocenters. The molecule has 0 aliphatic carbocycles. The van der Waals surface area contributed by atoms with Gasteiger partial charge in [0.15, 0.2) is 11.6 Å². The van der Waals surface area contributed by atoms with Gasteiger partial charge in [0.2, 0.25) is 0 Å². The second-order valence-corrected chi connectivity index (χ2v) is 4.89. The second-order valence-electron chi connectivity index (χ2n) is 4.03. The van der Waals surface area contributed by atoms with Gasteiger partial charge in [0, 0.05) is 5.69 Å². The fraction of sp³-hybridized carbons (Fsp3) is 0.0769. The van der Waals surface area contributed by atoms with E-state index >= 15 is 0 Å². The lowest BCUT2D eigenvalue weighted by Gasteiger charge is -2.13. The normalized spacial score (nSPS) is 10.6. The summed E-state index contributed by atoms with van der Waals surface area (Å²) in [4.78, 5) is 0. The Bertz CT molecular complexity index is 644. The number of nitrogen functional groups attached to an aromatic ring is 1. The molecule has 0 atom stereocenters. The maximum Gasteiger partial charge on any atom is 0.184 e. The van der Waals surface area contributed by atoms with Crippen LogP contribution in [0, 0.1) is 24.4 Å². The monoisotopic (exact) mass is 330 g/mol. The van der Waals surface area contributed by atoms with Crippen LogP contribution in [0.1, 0.15) is 5.56 Å². The minimum atomic E-state index is -1.07. The van der Waals surface area contributed by atoms with Crippen molar-refractivity contribution in [3.8, 4) is 0 Å². The van der Waals surface area contributed by atoms with Gasteiger partial charge < -0.3 is 11.1 Å². The highest BCUT2D eigenvalue weighted by atomic mass is 79.9. The first-order valence-corrected chi connectivity index (χ1v) is 6.15. The molecule has 0 aromatic heterocycles. The second kappa shape index (κ2) is 5.13. The summed E-state index contributed by atoms with van der Waals surface area (Å²) in [5.41, 5.74) is 6.48. The van der Waals surface area contributed by atoms with Gasteiger partial charge in [0.1, 0.15) is 11.5 Å². The van der Waals surface area contributed by atoms with Gasteiger partial charge in [-0.2, -0.15) is 0 Å². The summed E-state index contributed by atoms with van der Waals surface area (Å²) in [5.74, 6) is -2.51. The first kappa shape index (κ1) is 13.7. The molecule has 3 N–H and O–H groups in total. The number of rotatable bonds is 2. The average Bonchev–Trinajstić information content (AvgIpc) is 2.36. The van der Waals surface area contributed by atoms with Crippen molar-refractivity contribution in [1.29, 1.82) is 0 Å². The third-order valence-corrected chi connectivity index (χ3v) is 3.26. The Morgan fingerprint density at radius 3 is 2.47 bits per heavy atom. The lowest BCUT2D eigenvalue weighted by atomic mass is 10.1. The van der Waals surface area contributed by atoms with Crippen LogP contribution in [0.4, 0.5) is 30.2 Å². The van der Waals surface area contributed by atoms with Crippen molar-refractivity contribution in [3.63, 3.8) is 0 Å². The summed E-state index contributed by atoms with van der Waals surface area (Å²) in [5, 5.41) is 2.68. The number of nitrogens with two attached hydrogens (primary N) is 1. The molecule has 0 amide bonds. The van der Waals surface area contributed by atoms with Gasteiger partial charge in [-0.3, -0.25) is 0 Å². The zero-order valence-electron chi connectivity index (χ0n) is 9.90. The molecule has 0 radical (unpaired) electrons. The Balaban J connectivity index is 2.48. The van der Waals surface area contributed by atoms with Crippen LogP contribution < -0.4 is 11.1 Å². The Hall–Kier alpha value is -1.69. The van der Waals surface area contributed by atoms with Crippen molar-refractivity contribution in [1.82, 2.24) is 0 Å². The van der Waals surface area contributed by atoms with Gasteiger partial charge >= 0.3 is 0 Å². The summed E-state index contributed by atoms with van der Waals surface area (Å²) in [6.07, 6.45) is 0. The van der Waals surface area contributed by atoms with Crippen LogP contribution in [-0.2, 0) is 0 Å². The van der Waals surface area contributed by atoms with Crippen molar-refractivity contribution in [2.24, 2.45) is 0 Å². The highest BCUT2D eigenvalue weighted by Gasteiger charge is 2.14. The largest absolute Gasteiger partial charge is 0.397 e. The van der Waals surface area contributed by atoms with E-state index in [1.165, 1.54) is 18.2 Å². The number of nitrogens with one attached hydrogen (secondary N) is 1. The molecular formula is C13H10BrF3N2. The van der Waals surface area contributed by atoms with Crippen LogP contribution >= 0.6 is 15.9 Å². The van der Waals surface area contributed by atoms with Crippen molar-refractivity contribution < 1.29 is 13.2 Å². The van der Waals surface area contributed by atoms with Gasteiger partial charge in [-0.15, -0.1) is 0 Å². The van der Waals surface area contributed by atoms with Crippen molar-refractivity contribution in [2.45, 2.75) is 6.92 Å². The SMILES string of the molecule is Cc1cc(F)c(Br)cc1Nc1c(N)ccc(F)c1F. The molecule has 0 saturated heterocycles. The van der Waals surface area contributed by atoms with Crippen LogP contribution in [0.3, 0.4) is 0 Å². The van der Waals surface area contributed by atoms with Gasteiger partial charge in [0.25, 0.3) is 0 Å². The molecule has 0 saturated carbocycles. The highest BCUT2D eigenvalue weighted by Crippen LogP contribution is 2.31. The maximum absolute atomic E-state index is 13.7. The molecule has 2 aromatic rings. The number of benzene rings is 2. The molecule has 0 aliphatic rings. The van der Waals surface area contributed by atoms with Crippen LogP contribution in [0.15, 0.2) is 28.7 Å². The van der Waals surface area contributed by atoms with E-state index in [4.69, 9.17) is 5.73 Å². The van der Waals surface area contributed by atoms with Gasteiger partial charge in [-0.05, 0) is 52.7 Å². The van der Waals surface area contributed by atoms with E-state index in [0.717, 1.165) is 6.07 Å². The molecule has 100 valence electrons. The number of hydrogen-bond acceptors (Lipinski definition) is 2. The van der Waals surface area contributed by atoms with Crippen LogP contribution in [0.25, 0.3) is 0 Å². The summed E-state index contributed by atoms with van der Waals surface area (Å²) in [7, 11) is 0. The molecule has 0 heterocycles. The highest BCUT2D eigenvalue weighted by molar-refractivity contribution is 9.10. The fourth-order valence-electron chi connectivity index (χ4n) is 1.61. The zero-order chi connectivity index (χ0) is 14.2. The standard InChI is InChI=1S/C13H10BrF3N2/c1-6-4-9(16)7(14)5-11(6)19-13-10(18)3-2-8(15)12(13)17/h2-5,19H,18H2,1H3. The van der Waals surface area contributed by atoms with Crippen molar-refractivity contribution >= 4 is 33.0 Å². The summed E-state index contributed by atoms with van der Waals surface area (Å²) < 4.78 is 40.3. The average molecular weight is 331 g/mol. The molecule has 0 fully saturated rings. The summed E-state index contributed by atoms with van der Waals surface area (Å²) in [6, 6.07) is 4.92. The number of halogens is 4. The molecule has 2 rings (SSSR count). The molecule has 0 spiro atoms. The minimum Gasteiger partial charge on any atom is -0.397 e. The number of anilines is 3. The number of hydrogen-bond donors (Lipinski definition) is 2. The third-order valence-electron chi connectivity index (χ3n) is 2.65. The lowest BCUT2D eigenvalue weighted by molar-refractivity contribution is 0.512. The predicted molar refractivity (Wildman–Crippen MR) is 72.9 cm³/mol. The molecule has 0 aliphatic heterocycles. The fourth-order valence-corrected chi connectivity index (χ4v) is 1.95. The van der Waals surface area contributed by atoms with E-state index in [2.05, 4.69) is 21.2 Å². The zero-order valence-corrected chi connectivity index (χ0v) is 11.5. The quantitative estimate of drug-likeness (QED) is 0.795. The van der Waals surface area contributed by atoms with E-state index in [1.807, 2.05) is 0 Å². The van der Waals surface area contributed by atoms with E-state index in [0.29, 0.717) is 11.3 Å². The van der Waals surface area contributed by atoms with Gasteiger partial charge in [-0.25, -0.2) is 13.2 Å². The lowest BCUT2D eigenvalue weighted by Crippen LogP contribution is -2.03. The topological polar surface area (TPSA) is 38.0 Å². The van der Waals surface area contributed by atoms with Crippen LogP contribution in [-0.4, -0.2) is 0 Å². The third kappa shape index (κ3) is 2.68. The van der Waals surface area contributed by atoms with E-state index < -0.39 is 17.5 Å². The smallest absolute Gasteiger partial charge is 0.184 e. The molecule has 2 nitrogen and oxygen atoms in total. The van der Waals surface area contributed by atoms with Crippen molar-refractivity contribution in [2.75, 3.05) is 11.1 Å². The molecule has 2 aromatic carbocycles. The Morgan fingerprint density at radius 2 is 1.79 bits per heavy atom. The summed E-state index contributed by atoms with van der Waals surface area (Å²) in [6.45, 7) is 1.64. The molecule has 0 bridgehead atoms.